The molecule has 0 spiro atoms. The van der Waals surface area contributed by atoms with Gasteiger partial charge >= 0.3 is 5.97 Å². The average molecular weight is 262 g/mol. The molecule has 2 rings (SSSR count). The van der Waals surface area contributed by atoms with Crippen molar-refractivity contribution >= 4 is 11.9 Å². The van der Waals surface area contributed by atoms with Crippen LogP contribution in [0.25, 0.3) is 0 Å². The van der Waals surface area contributed by atoms with E-state index >= 15 is 0 Å². The second-order valence-corrected chi connectivity index (χ2v) is 5.09. The lowest BCUT2D eigenvalue weighted by molar-refractivity contribution is -0.155. The summed E-state index contributed by atoms with van der Waals surface area (Å²) in [6.45, 7) is 2.17. The summed E-state index contributed by atoms with van der Waals surface area (Å²) in [4.78, 5) is 29.0. The lowest BCUT2D eigenvalue weighted by atomic mass is 9.98. The minimum atomic E-state index is -1.04. The second kappa shape index (κ2) is 5.38. The number of aryl methyl sites for hydroxylation is 1. The van der Waals surface area contributed by atoms with E-state index in [0.717, 1.165) is 12.0 Å². The first-order valence-corrected chi connectivity index (χ1v) is 6.47. The highest BCUT2D eigenvalue weighted by atomic mass is 16.4. The summed E-state index contributed by atoms with van der Waals surface area (Å²) in [5, 5.41) is 9.27. The Labute approximate surface area is 112 Å². The molecule has 1 unspecified atom stereocenters. The quantitative estimate of drug-likeness (QED) is 0.892. The van der Waals surface area contributed by atoms with E-state index in [1.807, 2.05) is 12.1 Å². The highest BCUT2D eigenvalue weighted by Gasteiger charge is 2.45. The predicted molar refractivity (Wildman–Crippen MR) is 69.5 cm³/mol. The summed E-state index contributed by atoms with van der Waals surface area (Å²) in [5.74, 6) is -1.01. The van der Waals surface area contributed by atoms with Crippen LogP contribution in [-0.4, -0.2) is 39.0 Å². The number of aromatic nitrogens is 1. The van der Waals surface area contributed by atoms with Crippen LogP contribution in [0.3, 0.4) is 0 Å². The number of hydrogen-bond acceptors (Lipinski definition) is 3. The Morgan fingerprint density at radius 1 is 1.53 bits per heavy atom. The molecule has 0 bridgehead atoms. The molecule has 5 heteroatoms. The molecule has 0 saturated carbocycles. The van der Waals surface area contributed by atoms with Gasteiger partial charge in [-0.3, -0.25) is 9.78 Å². The number of carboxylic acid groups (broad SMARTS) is 1. The van der Waals surface area contributed by atoms with Crippen molar-refractivity contribution < 1.29 is 14.7 Å². The van der Waals surface area contributed by atoms with Crippen molar-refractivity contribution in [3.63, 3.8) is 0 Å². The van der Waals surface area contributed by atoms with Crippen molar-refractivity contribution in [2.24, 2.45) is 0 Å². The molecule has 1 amide bonds. The summed E-state index contributed by atoms with van der Waals surface area (Å²) in [6, 6.07) is 3.75. The smallest absolute Gasteiger partial charge is 0.329 e. The van der Waals surface area contributed by atoms with Gasteiger partial charge < -0.3 is 10.0 Å². The largest absolute Gasteiger partial charge is 0.480 e. The third-order valence-corrected chi connectivity index (χ3v) is 3.75. The first-order valence-electron chi connectivity index (χ1n) is 6.47. The molecular formula is C14H18N2O3. The predicted octanol–water partition coefficient (Wildman–Crippen LogP) is 1.48. The zero-order valence-corrected chi connectivity index (χ0v) is 11.0. The number of likely N-dealkylation sites (tertiary alicyclic amines) is 1. The highest BCUT2D eigenvalue weighted by Crippen LogP contribution is 2.30. The third-order valence-electron chi connectivity index (χ3n) is 3.75. The van der Waals surface area contributed by atoms with Gasteiger partial charge in [-0.05, 0) is 37.8 Å². The Kier molecular flexibility index (Phi) is 3.83. The fourth-order valence-corrected chi connectivity index (χ4v) is 2.52. The van der Waals surface area contributed by atoms with Crippen LogP contribution in [0.15, 0.2) is 24.5 Å². The summed E-state index contributed by atoms with van der Waals surface area (Å²) in [6.07, 6.45) is 5.62. The maximum Gasteiger partial charge on any atom is 0.329 e. The maximum absolute atomic E-state index is 12.2. The molecule has 1 aromatic heterocycles. The van der Waals surface area contributed by atoms with Gasteiger partial charge in [0.25, 0.3) is 0 Å². The van der Waals surface area contributed by atoms with Crippen LogP contribution in [0.2, 0.25) is 0 Å². The van der Waals surface area contributed by atoms with Gasteiger partial charge in [0.1, 0.15) is 5.54 Å². The summed E-state index contributed by atoms with van der Waals surface area (Å²) < 4.78 is 0. The molecule has 1 fully saturated rings. The van der Waals surface area contributed by atoms with E-state index in [1.54, 1.807) is 19.3 Å². The van der Waals surface area contributed by atoms with E-state index in [4.69, 9.17) is 0 Å². The number of carboxylic acids is 1. The van der Waals surface area contributed by atoms with Crippen LogP contribution in [0, 0.1) is 0 Å². The molecule has 19 heavy (non-hydrogen) atoms. The summed E-state index contributed by atoms with van der Waals surface area (Å²) >= 11 is 0. The molecule has 0 radical (unpaired) electrons. The number of hydrogen-bond donors (Lipinski definition) is 1. The van der Waals surface area contributed by atoms with Crippen molar-refractivity contribution in [1.29, 1.82) is 0 Å². The highest BCUT2D eigenvalue weighted by molar-refractivity contribution is 5.87. The summed E-state index contributed by atoms with van der Waals surface area (Å²) in [5.41, 5.74) is -0.0430. The molecule has 0 aromatic carbocycles. The second-order valence-electron chi connectivity index (χ2n) is 5.09. The van der Waals surface area contributed by atoms with Gasteiger partial charge in [-0.1, -0.05) is 6.07 Å². The zero-order chi connectivity index (χ0) is 13.9. The van der Waals surface area contributed by atoms with E-state index in [9.17, 15) is 14.7 Å². The van der Waals surface area contributed by atoms with E-state index in [-0.39, 0.29) is 5.91 Å². The van der Waals surface area contributed by atoms with Gasteiger partial charge in [0, 0.05) is 25.4 Å². The molecule has 1 aliphatic rings. The van der Waals surface area contributed by atoms with Gasteiger partial charge in [0.15, 0.2) is 0 Å². The van der Waals surface area contributed by atoms with E-state index < -0.39 is 11.5 Å². The fourth-order valence-electron chi connectivity index (χ4n) is 2.52. The van der Waals surface area contributed by atoms with Gasteiger partial charge in [-0.25, -0.2) is 4.79 Å². The van der Waals surface area contributed by atoms with Crippen LogP contribution in [-0.2, 0) is 16.0 Å². The number of rotatable bonds is 4. The molecule has 0 aliphatic carbocycles. The van der Waals surface area contributed by atoms with Gasteiger partial charge in [-0.15, -0.1) is 0 Å². The summed E-state index contributed by atoms with van der Waals surface area (Å²) in [7, 11) is 0. The Bertz CT molecular complexity index is 475. The molecule has 1 aliphatic heterocycles. The van der Waals surface area contributed by atoms with E-state index in [0.29, 0.717) is 25.8 Å². The minimum Gasteiger partial charge on any atom is -0.480 e. The SMILES string of the molecule is CC1(C(=O)O)CCCN1C(=O)CCc1cccnc1. The lowest BCUT2D eigenvalue weighted by Gasteiger charge is -2.31. The first kappa shape index (κ1) is 13.5. The first-order chi connectivity index (χ1) is 9.04. The number of aliphatic carboxylic acids is 1. The van der Waals surface area contributed by atoms with Crippen LogP contribution >= 0.6 is 0 Å². The average Bonchev–Trinajstić information content (AvgIpc) is 2.81. The van der Waals surface area contributed by atoms with Crippen molar-refractivity contribution in [3.05, 3.63) is 30.1 Å². The Balaban J connectivity index is 1.98. The molecule has 102 valence electrons. The number of carbonyl (C=O) groups is 2. The normalized spacial score (nSPS) is 22.5. The standard InChI is InChI=1S/C14H18N2O3/c1-14(13(18)19)7-3-9-16(14)12(17)6-5-11-4-2-8-15-10-11/h2,4,8,10H,3,5-7,9H2,1H3,(H,18,19). The van der Waals surface area contributed by atoms with Crippen LogP contribution < -0.4 is 0 Å². The molecule has 5 nitrogen and oxygen atoms in total. The lowest BCUT2D eigenvalue weighted by Crippen LogP contribution is -2.50. The fraction of sp³-hybridized carbons (Fsp3) is 0.500. The van der Waals surface area contributed by atoms with Gasteiger partial charge in [-0.2, -0.15) is 0 Å². The van der Waals surface area contributed by atoms with Gasteiger partial charge in [0.2, 0.25) is 5.91 Å². The zero-order valence-electron chi connectivity index (χ0n) is 11.0. The monoisotopic (exact) mass is 262 g/mol. The van der Waals surface area contributed by atoms with Gasteiger partial charge in [0.05, 0.1) is 0 Å². The number of nitrogens with zero attached hydrogens (tertiary/aromatic N) is 2. The van der Waals surface area contributed by atoms with Crippen molar-refractivity contribution in [1.82, 2.24) is 9.88 Å². The van der Waals surface area contributed by atoms with Crippen LogP contribution in [0.5, 0.6) is 0 Å². The number of pyridine rings is 1. The number of amides is 1. The minimum absolute atomic E-state index is 0.0914. The third kappa shape index (κ3) is 2.75. The van der Waals surface area contributed by atoms with Crippen molar-refractivity contribution in [2.75, 3.05) is 6.54 Å². The maximum atomic E-state index is 12.2. The molecule has 1 N–H and O–H groups in total. The molecular weight excluding hydrogens is 244 g/mol. The Hall–Kier alpha value is -1.91. The topological polar surface area (TPSA) is 70.5 Å². The van der Waals surface area contributed by atoms with Crippen molar-refractivity contribution in [2.45, 2.75) is 38.1 Å². The van der Waals surface area contributed by atoms with E-state index in [1.165, 1.54) is 4.90 Å². The molecule has 2 heterocycles. The molecule has 1 saturated heterocycles. The molecule has 1 atom stereocenters. The van der Waals surface area contributed by atoms with Crippen LogP contribution in [0.1, 0.15) is 31.7 Å². The van der Waals surface area contributed by atoms with Crippen LogP contribution in [0.4, 0.5) is 0 Å². The number of carbonyl (C=O) groups excluding carboxylic acids is 1. The molecule has 1 aromatic rings. The van der Waals surface area contributed by atoms with Crippen molar-refractivity contribution in [3.8, 4) is 0 Å². The Morgan fingerprint density at radius 2 is 2.32 bits per heavy atom. The Morgan fingerprint density at radius 3 is 2.95 bits per heavy atom. The van der Waals surface area contributed by atoms with E-state index in [2.05, 4.69) is 4.98 Å².